The van der Waals surface area contributed by atoms with Gasteiger partial charge in [-0.05, 0) is 24.3 Å². The third kappa shape index (κ3) is 4.82. The van der Waals surface area contributed by atoms with E-state index in [1.165, 1.54) is 30.7 Å². The van der Waals surface area contributed by atoms with Crippen molar-refractivity contribution in [3.05, 3.63) is 54.1 Å². The number of hydrogen-bond acceptors (Lipinski definition) is 5. The molecule has 0 spiro atoms. The van der Waals surface area contributed by atoms with Crippen LogP contribution in [0.3, 0.4) is 0 Å². The molecule has 7 heteroatoms. The Labute approximate surface area is 108 Å². The lowest BCUT2D eigenvalue weighted by Crippen LogP contribution is -2.12. The minimum atomic E-state index is -0.931. The minimum absolute atomic E-state index is 0.192. The van der Waals surface area contributed by atoms with Gasteiger partial charge in [0.15, 0.2) is 0 Å². The second kappa shape index (κ2) is 6.70. The monoisotopic (exact) mass is 260 g/mol. The average Bonchev–Trinajstić information content (AvgIpc) is 2.41. The molecule has 0 fully saturated rings. The lowest BCUT2D eigenvalue weighted by atomic mass is 10.2. The van der Waals surface area contributed by atoms with Crippen LogP contribution in [0.2, 0.25) is 0 Å². The van der Waals surface area contributed by atoms with Gasteiger partial charge in [0.1, 0.15) is 5.69 Å². The van der Waals surface area contributed by atoms with Gasteiger partial charge in [-0.25, -0.2) is 9.78 Å². The molecule has 0 bridgehead atoms. The molecule has 5 N–H and O–H groups in total. The average molecular weight is 260 g/mol. The molecule has 0 aliphatic carbocycles. The number of nitrogens with two attached hydrogens (primary N) is 2. The number of carboxylic acids is 1. The third-order valence-corrected chi connectivity index (χ3v) is 1.97. The molecule has 1 amide bonds. The van der Waals surface area contributed by atoms with Gasteiger partial charge in [-0.1, -0.05) is 0 Å². The van der Waals surface area contributed by atoms with E-state index in [4.69, 9.17) is 16.6 Å². The van der Waals surface area contributed by atoms with E-state index in [0.29, 0.717) is 5.69 Å². The number of benzene rings is 1. The summed E-state index contributed by atoms with van der Waals surface area (Å²) in [5.41, 5.74) is 11.2. The Morgan fingerprint density at radius 1 is 1.11 bits per heavy atom. The number of nitrogen functional groups attached to an aromatic ring is 1. The molecule has 98 valence electrons. The number of nitrogens with zero attached hydrogens (tertiary/aromatic N) is 2. The van der Waals surface area contributed by atoms with Crippen molar-refractivity contribution in [1.82, 2.24) is 9.97 Å². The molecule has 7 nitrogen and oxygen atoms in total. The summed E-state index contributed by atoms with van der Waals surface area (Å²) in [5.74, 6) is -1.48. The lowest BCUT2D eigenvalue weighted by molar-refractivity contribution is 0.0696. The Morgan fingerprint density at radius 3 is 2.11 bits per heavy atom. The molecule has 0 atom stereocenters. The second-order valence-electron chi connectivity index (χ2n) is 3.38. The lowest BCUT2D eigenvalue weighted by Gasteiger charge is -1.93. The Hall–Kier alpha value is -2.96. The Morgan fingerprint density at radius 2 is 1.74 bits per heavy atom. The molecule has 0 saturated carbocycles. The van der Waals surface area contributed by atoms with Crippen LogP contribution >= 0.6 is 0 Å². The van der Waals surface area contributed by atoms with E-state index in [1.54, 1.807) is 12.1 Å². The molecule has 0 aliphatic heterocycles. The summed E-state index contributed by atoms with van der Waals surface area (Å²) < 4.78 is 0. The maximum absolute atomic E-state index is 10.3. The van der Waals surface area contributed by atoms with Crippen molar-refractivity contribution in [3.63, 3.8) is 0 Å². The SMILES string of the molecule is NC(=O)c1cnccn1.Nc1ccc(C(=O)O)cc1. The number of carboxylic acid groups (broad SMARTS) is 1. The summed E-state index contributed by atoms with van der Waals surface area (Å²) in [7, 11) is 0. The molecule has 0 saturated heterocycles. The predicted octanol–water partition coefficient (Wildman–Crippen LogP) is 0.542. The zero-order valence-electron chi connectivity index (χ0n) is 9.85. The molecular formula is C12H12N4O3. The van der Waals surface area contributed by atoms with Crippen LogP contribution in [-0.4, -0.2) is 27.0 Å². The van der Waals surface area contributed by atoms with E-state index in [9.17, 15) is 9.59 Å². The largest absolute Gasteiger partial charge is 0.478 e. The summed E-state index contributed by atoms with van der Waals surface area (Å²) >= 11 is 0. The quantitative estimate of drug-likeness (QED) is 0.675. The highest BCUT2D eigenvalue weighted by atomic mass is 16.4. The zero-order valence-corrected chi connectivity index (χ0v) is 9.85. The molecule has 1 aromatic carbocycles. The maximum Gasteiger partial charge on any atom is 0.335 e. The van der Waals surface area contributed by atoms with Crippen molar-refractivity contribution in [1.29, 1.82) is 0 Å². The third-order valence-electron chi connectivity index (χ3n) is 1.97. The molecule has 1 aromatic heterocycles. The highest BCUT2D eigenvalue weighted by molar-refractivity contribution is 5.90. The van der Waals surface area contributed by atoms with E-state index in [1.807, 2.05) is 0 Å². The van der Waals surface area contributed by atoms with E-state index in [-0.39, 0.29) is 11.3 Å². The Kier molecular flexibility index (Phi) is 4.97. The van der Waals surface area contributed by atoms with Crippen molar-refractivity contribution >= 4 is 17.6 Å². The number of amides is 1. The number of carbonyl (C=O) groups is 2. The summed E-state index contributed by atoms with van der Waals surface area (Å²) in [4.78, 5) is 27.9. The normalized spacial score (nSPS) is 9.05. The Balaban J connectivity index is 0.000000191. The van der Waals surface area contributed by atoms with E-state index >= 15 is 0 Å². The van der Waals surface area contributed by atoms with Crippen molar-refractivity contribution in [3.8, 4) is 0 Å². The molecule has 0 radical (unpaired) electrons. The summed E-state index contributed by atoms with van der Waals surface area (Å²) in [5, 5.41) is 8.43. The standard InChI is InChI=1S/C7H7NO2.C5H5N3O/c8-6-3-1-5(2-4-6)7(9)10;6-5(9)4-3-7-1-2-8-4/h1-4H,8H2,(H,9,10);1-3H,(H2,6,9). The molecule has 2 rings (SSSR count). The second-order valence-corrected chi connectivity index (χ2v) is 3.38. The summed E-state index contributed by atoms with van der Waals surface area (Å²) in [6.07, 6.45) is 4.22. The van der Waals surface area contributed by atoms with Crippen LogP contribution < -0.4 is 11.5 Å². The van der Waals surface area contributed by atoms with E-state index < -0.39 is 11.9 Å². The van der Waals surface area contributed by atoms with Crippen molar-refractivity contribution in [2.24, 2.45) is 5.73 Å². The van der Waals surface area contributed by atoms with Crippen LogP contribution in [0.15, 0.2) is 42.9 Å². The predicted molar refractivity (Wildman–Crippen MR) is 68.4 cm³/mol. The topological polar surface area (TPSA) is 132 Å². The van der Waals surface area contributed by atoms with Crippen molar-refractivity contribution in [2.45, 2.75) is 0 Å². The number of anilines is 1. The van der Waals surface area contributed by atoms with E-state index in [0.717, 1.165) is 0 Å². The first-order chi connectivity index (χ1) is 9.00. The van der Waals surface area contributed by atoms with Crippen LogP contribution in [0.4, 0.5) is 5.69 Å². The minimum Gasteiger partial charge on any atom is -0.478 e. The smallest absolute Gasteiger partial charge is 0.335 e. The highest BCUT2D eigenvalue weighted by Crippen LogP contribution is 2.04. The van der Waals surface area contributed by atoms with Gasteiger partial charge in [0.2, 0.25) is 0 Å². The molecular weight excluding hydrogens is 248 g/mol. The molecule has 0 unspecified atom stereocenters. The number of aromatic carboxylic acids is 1. The number of aromatic nitrogens is 2. The number of rotatable bonds is 2. The van der Waals surface area contributed by atoms with Crippen molar-refractivity contribution < 1.29 is 14.7 Å². The fourth-order valence-corrected chi connectivity index (χ4v) is 1.05. The molecule has 2 aromatic rings. The van der Waals surface area contributed by atoms with Gasteiger partial charge in [-0.2, -0.15) is 0 Å². The van der Waals surface area contributed by atoms with Gasteiger partial charge in [0, 0.05) is 18.1 Å². The summed E-state index contributed by atoms with van der Waals surface area (Å²) in [6.45, 7) is 0. The fraction of sp³-hybridized carbons (Fsp3) is 0. The fourth-order valence-electron chi connectivity index (χ4n) is 1.05. The van der Waals surface area contributed by atoms with Crippen LogP contribution in [0, 0.1) is 0 Å². The van der Waals surface area contributed by atoms with Gasteiger partial charge >= 0.3 is 5.97 Å². The number of primary amides is 1. The maximum atomic E-state index is 10.3. The van der Waals surface area contributed by atoms with E-state index in [2.05, 4.69) is 9.97 Å². The van der Waals surface area contributed by atoms with Crippen LogP contribution in [-0.2, 0) is 0 Å². The first-order valence-electron chi connectivity index (χ1n) is 5.15. The van der Waals surface area contributed by atoms with Crippen molar-refractivity contribution in [2.75, 3.05) is 5.73 Å². The molecule has 1 heterocycles. The number of carbonyl (C=O) groups excluding carboxylic acids is 1. The first-order valence-corrected chi connectivity index (χ1v) is 5.15. The van der Waals surface area contributed by atoms with Crippen LogP contribution in [0.25, 0.3) is 0 Å². The zero-order chi connectivity index (χ0) is 14.3. The highest BCUT2D eigenvalue weighted by Gasteiger charge is 1.99. The van der Waals surface area contributed by atoms with Gasteiger partial charge in [-0.15, -0.1) is 0 Å². The van der Waals surface area contributed by atoms with Gasteiger partial charge in [0.05, 0.1) is 11.8 Å². The first kappa shape index (κ1) is 14.1. The van der Waals surface area contributed by atoms with Crippen LogP contribution in [0.1, 0.15) is 20.8 Å². The van der Waals surface area contributed by atoms with Crippen LogP contribution in [0.5, 0.6) is 0 Å². The van der Waals surface area contributed by atoms with Gasteiger partial charge in [-0.3, -0.25) is 9.78 Å². The van der Waals surface area contributed by atoms with Gasteiger partial charge in [0.25, 0.3) is 5.91 Å². The Bertz CT molecular complexity index is 555. The molecule has 0 aliphatic rings. The van der Waals surface area contributed by atoms with Gasteiger partial charge < -0.3 is 16.6 Å². The molecule has 19 heavy (non-hydrogen) atoms. The summed E-state index contributed by atoms with van der Waals surface area (Å²) in [6, 6.07) is 6.06. The number of hydrogen-bond donors (Lipinski definition) is 3.